The highest BCUT2D eigenvalue weighted by molar-refractivity contribution is 8.04. The topological polar surface area (TPSA) is 57.6 Å². The molecule has 2 aromatic rings. The molecule has 4 nitrogen and oxygen atoms in total. The molecule has 0 aliphatic carbocycles. The number of rotatable bonds is 6. The first-order valence-corrected chi connectivity index (χ1v) is 9.99. The number of anilines is 1. The first-order valence-electron chi connectivity index (χ1n) is 9.01. The van der Waals surface area contributed by atoms with Crippen molar-refractivity contribution >= 4 is 34.8 Å². The molecule has 1 aliphatic heterocycles. The molecule has 0 atom stereocenters. The van der Waals surface area contributed by atoms with E-state index in [4.69, 9.17) is 0 Å². The summed E-state index contributed by atoms with van der Waals surface area (Å²) in [6, 6.07) is 13.3. The van der Waals surface area contributed by atoms with Crippen molar-refractivity contribution in [2.24, 2.45) is 0 Å². The second-order valence-electron chi connectivity index (χ2n) is 6.56. The predicted molar refractivity (Wildman–Crippen MR) is 111 cm³/mol. The number of aliphatic hydroxyl groups is 1. The SMILES string of the molecule is CCc1ccc(N2C(=O)C(SCCO)=C(c3ccc(C)cc3C)C2=O)cc1. The van der Waals surface area contributed by atoms with Crippen molar-refractivity contribution in [3.63, 3.8) is 0 Å². The Kier molecular flexibility index (Phi) is 5.82. The Bertz CT molecular complexity index is 916. The quantitative estimate of drug-likeness (QED) is 0.772. The van der Waals surface area contributed by atoms with Crippen LogP contribution in [-0.2, 0) is 16.0 Å². The Morgan fingerprint density at radius 1 is 1.00 bits per heavy atom. The van der Waals surface area contributed by atoms with Crippen LogP contribution >= 0.6 is 11.8 Å². The third-order valence-corrected chi connectivity index (χ3v) is 5.69. The number of hydrogen-bond donors (Lipinski definition) is 1. The molecule has 0 unspecified atom stereocenters. The third kappa shape index (κ3) is 3.70. The van der Waals surface area contributed by atoms with Gasteiger partial charge in [-0.3, -0.25) is 9.59 Å². The molecule has 3 rings (SSSR count). The van der Waals surface area contributed by atoms with Gasteiger partial charge in [-0.25, -0.2) is 4.90 Å². The standard InChI is InChI=1S/C22H23NO3S/c1-4-16-6-8-17(9-7-16)23-21(25)19(20(22(23)26)27-12-11-24)18-10-5-14(2)13-15(18)3/h5-10,13,24H,4,11-12H2,1-3H3. The van der Waals surface area contributed by atoms with E-state index in [1.807, 2.05) is 56.3 Å². The number of carbonyl (C=O) groups excluding carboxylic acids is 2. The van der Waals surface area contributed by atoms with Gasteiger partial charge in [0.05, 0.1) is 22.8 Å². The summed E-state index contributed by atoms with van der Waals surface area (Å²) in [5, 5.41) is 9.21. The summed E-state index contributed by atoms with van der Waals surface area (Å²) in [6.45, 7) is 5.95. The van der Waals surface area contributed by atoms with Crippen LogP contribution in [0.5, 0.6) is 0 Å². The van der Waals surface area contributed by atoms with Crippen LogP contribution in [0.3, 0.4) is 0 Å². The Balaban J connectivity index is 2.08. The second kappa shape index (κ2) is 8.11. The molecule has 5 heteroatoms. The van der Waals surface area contributed by atoms with Crippen molar-refractivity contribution in [2.75, 3.05) is 17.3 Å². The first-order chi connectivity index (χ1) is 13.0. The van der Waals surface area contributed by atoms with Crippen LogP contribution in [0.15, 0.2) is 47.4 Å². The van der Waals surface area contributed by atoms with E-state index in [-0.39, 0.29) is 18.4 Å². The smallest absolute Gasteiger partial charge is 0.272 e. The molecule has 0 bridgehead atoms. The average molecular weight is 381 g/mol. The number of nitrogens with zero attached hydrogens (tertiary/aromatic N) is 1. The summed E-state index contributed by atoms with van der Waals surface area (Å²) in [7, 11) is 0. The molecule has 2 amide bonds. The van der Waals surface area contributed by atoms with Crippen molar-refractivity contribution in [3.05, 3.63) is 69.6 Å². The summed E-state index contributed by atoms with van der Waals surface area (Å²) >= 11 is 1.24. The molecule has 1 heterocycles. The van der Waals surface area contributed by atoms with Gasteiger partial charge in [-0.15, -0.1) is 11.8 Å². The molecule has 0 aromatic heterocycles. The number of thioether (sulfide) groups is 1. The molecular formula is C22H23NO3S. The van der Waals surface area contributed by atoms with E-state index >= 15 is 0 Å². The van der Waals surface area contributed by atoms with Crippen LogP contribution in [-0.4, -0.2) is 29.3 Å². The fraction of sp³-hybridized carbons (Fsp3) is 0.273. The van der Waals surface area contributed by atoms with Crippen molar-refractivity contribution in [1.29, 1.82) is 0 Å². The monoisotopic (exact) mass is 381 g/mol. The van der Waals surface area contributed by atoms with E-state index < -0.39 is 0 Å². The van der Waals surface area contributed by atoms with Crippen molar-refractivity contribution in [3.8, 4) is 0 Å². The molecule has 0 saturated heterocycles. The van der Waals surface area contributed by atoms with Crippen LogP contribution in [0, 0.1) is 13.8 Å². The minimum atomic E-state index is -0.322. The maximum Gasteiger partial charge on any atom is 0.272 e. The molecule has 0 fully saturated rings. The van der Waals surface area contributed by atoms with Gasteiger partial charge in [-0.1, -0.05) is 42.8 Å². The highest BCUT2D eigenvalue weighted by atomic mass is 32.2. The van der Waals surface area contributed by atoms with Crippen molar-refractivity contribution in [1.82, 2.24) is 0 Å². The van der Waals surface area contributed by atoms with E-state index in [0.717, 1.165) is 28.7 Å². The van der Waals surface area contributed by atoms with Gasteiger partial charge >= 0.3 is 0 Å². The van der Waals surface area contributed by atoms with Gasteiger partial charge in [0.25, 0.3) is 11.8 Å². The zero-order valence-electron chi connectivity index (χ0n) is 15.8. The van der Waals surface area contributed by atoms with Gasteiger partial charge in [-0.05, 0) is 49.1 Å². The average Bonchev–Trinajstić information content (AvgIpc) is 2.90. The lowest BCUT2D eigenvalue weighted by atomic mass is 9.98. The number of hydrogen-bond acceptors (Lipinski definition) is 4. The van der Waals surface area contributed by atoms with Gasteiger partial charge < -0.3 is 5.11 Å². The summed E-state index contributed by atoms with van der Waals surface area (Å²) in [4.78, 5) is 28.0. The molecular weight excluding hydrogens is 358 g/mol. The Labute approximate surface area is 163 Å². The molecule has 0 spiro atoms. The summed E-state index contributed by atoms with van der Waals surface area (Å²) in [5.74, 6) is -0.264. The number of amides is 2. The maximum atomic E-state index is 13.3. The van der Waals surface area contributed by atoms with Gasteiger partial charge in [0.1, 0.15) is 0 Å². The van der Waals surface area contributed by atoms with Gasteiger partial charge in [0.2, 0.25) is 0 Å². The lowest BCUT2D eigenvalue weighted by Gasteiger charge is -2.16. The van der Waals surface area contributed by atoms with E-state index in [1.54, 1.807) is 0 Å². The van der Waals surface area contributed by atoms with Crippen molar-refractivity contribution in [2.45, 2.75) is 27.2 Å². The summed E-state index contributed by atoms with van der Waals surface area (Å²) in [6.07, 6.45) is 0.895. The van der Waals surface area contributed by atoms with Gasteiger partial charge in [0.15, 0.2) is 0 Å². The minimum absolute atomic E-state index is 0.0546. The van der Waals surface area contributed by atoms with Crippen LogP contribution in [0.2, 0.25) is 0 Å². The van der Waals surface area contributed by atoms with E-state index in [1.165, 1.54) is 16.7 Å². The van der Waals surface area contributed by atoms with E-state index in [9.17, 15) is 14.7 Å². The molecule has 0 saturated carbocycles. The van der Waals surface area contributed by atoms with E-state index in [0.29, 0.717) is 21.9 Å². The molecule has 140 valence electrons. The van der Waals surface area contributed by atoms with E-state index in [2.05, 4.69) is 6.92 Å². The minimum Gasteiger partial charge on any atom is -0.396 e. The number of imide groups is 1. The Morgan fingerprint density at radius 2 is 1.70 bits per heavy atom. The summed E-state index contributed by atoms with van der Waals surface area (Å²) < 4.78 is 0. The largest absolute Gasteiger partial charge is 0.396 e. The highest BCUT2D eigenvalue weighted by Crippen LogP contribution is 2.39. The summed E-state index contributed by atoms with van der Waals surface area (Å²) in [5.41, 5.74) is 4.98. The second-order valence-corrected chi connectivity index (χ2v) is 7.67. The fourth-order valence-corrected chi connectivity index (χ4v) is 4.09. The normalized spacial score (nSPS) is 14.4. The highest BCUT2D eigenvalue weighted by Gasteiger charge is 2.40. The molecule has 1 aliphatic rings. The zero-order chi connectivity index (χ0) is 19.6. The number of carbonyl (C=O) groups is 2. The Morgan fingerprint density at radius 3 is 2.30 bits per heavy atom. The predicted octanol–water partition coefficient (Wildman–Crippen LogP) is 3.88. The number of benzene rings is 2. The molecule has 0 radical (unpaired) electrons. The van der Waals surface area contributed by atoms with Gasteiger partial charge in [-0.2, -0.15) is 0 Å². The van der Waals surface area contributed by atoms with Crippen LogP contribution in [0.4, 0.5) is 5.69 Å². The Hall–Kier alpha value is -2.37. The lowest BCUT2D eigenvalue weighted by molar-refractivity contribution is -0.119. The van der Waals surface area contributed by atoms with Crippen LogP contribution in [0.25, 0.3) is 5.57 Å². The first kappa shape index (κ1) is 19.4. The third-order valence-electron chi connectivity index (χ3n) is 4.63. The lowest BCUT2D eigenvalue weighted by Crippen LogP contribution is -2.31. The molecule has 2 aromatic carbocycles. The zero-order valence-corrected chi connectivity index (χ0v) is 16.6. The number of aryl methyl sites for hydroxylation is 3. The van der Waals surface area contributed by atoms with Crippen molar-refractivity contribution < 1.29 is 14.7 Å². The van der Waals surface area contributed by atoms with Gasteiger partial charge in [0, 0.05) is 5.75 Å². The van der Waals surface area contributed by atoms with Crippen LogP contribution < -0.4 is 4.90 Å². The molecule has 1 N–H and O–H groups in total. The maximum absolute atomic E-state index is 13.3. The number of aliphatic hydroxyl groups excluding tert-OH is 1. The van der Waals surface area contributed by atoms with Crippen LogP contribution in [0.1, 0.15) is 29.2 Å². The fourth-order valence-electron chi connectivity index (χ4n) is 3.24. The molecule has 27 heavy (non-hydrogen) atoms.